The highest BCUT2D eigenvalue weighted by molar-refractivity contribution is 7.18. The molecule has 7 nitrogen and oxygen atoms in total. The summed E-state index contributed by atoms with van der Waals surface area (Å²) >= 11 is 1.60. The van der Waals surface area contributed by atoms with Gasteiger partial charge in [0.25, 0.3) is 5.56 Å². The molecule has 0 N–H and O–H groups in total. The largest absolute Gasteiger partial charge is 0.351 e. The van der Waals surface area contributed by atoms with Crippen LogP contribution in [-0.2, 0) is 19.4 Å². The summed E-state index contributed by atoms with van der Waals surface area (Å²) < 4.78 is 4.19. The van der Waals surface area contributed by atoms with E-state index in [4.69, 9.17) is 0 Å². The van der Waals surface area contributed by atoms with E-state index in [0.717, 1.165) is 40.8 Å². The van der Waals surface area contributed by atoms with E-state index in [1.807, 2.05) is 6.92 Å². The number of rotatable bonds is 3. The van der Waals surface area contributed by atoms with Crippen LogP contribution < -0.4 is 11.2 Å². The molecule has 0 bridgehead atoms. The number of aromatic nitrogens is 5. The summed E-state index contributed by atoms with van der Waals surface area (Å²) in [7, 11) is 0. The van der Waals surface area contributed by atoms with Crippen molar-refractivity contribution >= 4 is 21.6 Å². The Bertz CT molecular complexity index is 964. The predicted molar refractivity (Wildman–Crippen MR) is 83.5 cm³/mol. The van der Waals surface area contributed by atoms with Crippen LogP contribution in [0.1, 0.15) is 30.2 Å². The zero-order valence-electron chi connectivity index (χ0n) is 12.2. The zero-order chi connectivity index (χ0) is 15.3. The molecular weight excluding hydrogens is 302 g/mol. The van der Waals surface area contributed by atoms with E-state index in [2.05, 4.69) is 10.2 Å². The van der Waals surface area contributed by atoms with E-state index in [0.29, 0.717) is 11.9 Å². The van der Waals surface area contributed by atoms with E-state index < -0.39 is 0 Å². The highest BCUT2D eigenvalue weighted by atomic mass is 32.1. The van der Waals surface area contributed by atoms with Gasteiger partial charge < -0.3 is 0 Å². The molecule has 0 saturated heterocycles. The lowest BCUT2D eigenvalue weighted by atomic mass is 10.2. The average Bonchev–Trinajstić information content (AvgIpc) is 3.19. The minimum Gasteiger partial charge on any atom is -0.283 e. The van der Waals surface area contributed by atoms with Gasteiger partial charge in [-0.1, -0.05) is 6.92 Å². The maximum atomic E-state index is 12.9. The second kappa shape index (κ2) is 4.91. The third-order valence-corrected chi connectivity index (χ3v) is 5.37. The highest BCUT2D eigenvalue weighted by Crippen LogP contribution is 2.35. The molecule has 3 aromatic rings. The Labute approximate surface area is 129 Å². The summed E-state index contributed by atoms with van der Waals surface area (Å²) in [6.07, 6.45) is 6.57. The molecule has 1 aliphatic carbocycles. The molecule has 0 aromatic carbocycles. The molecule has 0 unspecified atom stereocenters. The van der Waals surface area contributed by atoms with Crippen LogP contribution in [0.25, 0.3) is 10.2 Å². The lowest BCUT2D eigenvalue weighted by molar-refractivity contribution is 0.537. The number of aryl methyl sites for hydroxylation is 3. The molecule has 1 aliphatic rings. The van der Waals surface area contributed by atoms with Crippen LogP contribution in [0.15, 0.2) is 22.2 Å². The maximum Gasteiger partial charge on any atom is 0.351 e. The molecule has 0 spiro atoms. The van der Waals surface area contributed by atoms with Crippen LogP contribution in [0.2, 0.25) is 0 Å². The summed E-state index contributed by atoms with van der Waals surface area (Å²) in [6, 6.07) is 0. The Morgan fingerprint density at radius 3 is 2.73 bits per heavy atom. The van der Waals surface area contributed by atoms with E-state index in [9.17, 15) is 9.59 Å². The lowest BCUT2D eigenvalue weighted by Crippen LogP contribution is -2.42. The molecular formula is C14H15N5O2S. The third-order valence-electron chi connectivity index (χ3n) is 4.05. The fourth-order valence-electron chi connectivity index (χ4n) is 3.12. The minimum atomic E-state index is -0.334. The van der Waals surface area contributed by atoms with Gasteiger partial charge in [-0.3, -0.25) is 9.36 Å². The van der Waals surface area contributed by atoms with Gasteiger partial charge in [0.15, 0.2) is 0 Å². The molecule has 8 heteroatoms. The molecule has 0 saturated carbocycles. The average molecular weight is 317 g/mol. The Morgan fingerprint density at radius 1 is 1.23 bits per heavy atom. The first-order chi connectivity index (χ1) is 10.7. The normalized spacial score (nSPS) is 13.9. The summed E-state index contributed by atoms with van der Waals surface area (Å²) in [5.41, 5.74) is 0.516. The van der Waals surface area contributed by atoms with Gasteiger partial charge >= 0.3 is 5.69 Å². The van der Waals surface area contributed by atoms with Crippen LogP contribution in [0.4, 0.5) is 0 Å². The molecule has 4 rings (SSSR count). The molecule has 0 atom stereocenters. The van der Waals surface area contributed by atoms with Gasteiger partial charge in [0.2, 0.25) is 0 Å². The molecule has 3 aromatic heterocycles. The Hall–Kier alpha value is -2.22. The van der Waals surface area contributed by atoms with Gasteiger partial charge in [-0.15, -0.1) is 21.5 Å². The van der Waals surface area contributed by atoms with E-state index in [1.54, 1.807) is 15.9 Å². The van der Waals surface area contributed by atoms with Gasteiger partial charge in [-0.2, -0.15) is 4.68 Å². The molecule has 22 heavy (non-hydrogen) atoms. The molecule has 3 heterocycles. The standard InChI is InChI=1S/C14H15N5O2S/c1-2-6-18-13-11(9-4-3-5-10(9)22-13)12(20)19(14(18)21)17-7-15-16-8-17/h7-8H,2-6H2,1H3. The fraction of sp³-hybridized carbons (Fsp3) is 0.429. The third kappa shape index (κ3) is 1.73. The Morgan fingerprint density at radius 2 is 2.00 bits per heavy atom. The zero-order valence-corrected chi connectivity index (χ0v) is 13.0. The van der Waals surface area contributed by atoms with E-state index >= 15 is 0 Å². The van der Waals surface area contributed by atoms with Crippen LogP contribution in [0.3, 0.4) is 0 Å². The second-order valence-electron chi connectivity index (χ2n) is 5.43. The maximum absolute atomic E-state index is 12.9. The summed E-state index contributed by atoms with van der Waals surface area (Å²) in [5.74, 6) is 0. The Balaban J connectivity index is 2.17. The number of hydrogen-bond acceptors (Lipinski definition) is 5. The summed E-state index contributed by atoms with van der Waals surface area (Å²) in [6.45, 7) is 2.62. The molecule has 0 fully saturated rings. The van der Waals surface area contributed by atoms with Gasteiger partial charge in [-0.25, -0.2) is 9.47 Å². The smallest absolute Gasteiger partial charge is 0.283 e. The van der Waals surface area contributed by atoms with Crippen LogP contribution in [0.5, 0.6) is 0 Å². The number of nitrogens with zero attached hydrogens (tertiary/aromatic N) is 5. The van der Waals surface area contributed by atoms with Crippen molar-refractivity contribution in [2.24, 2.45) is 0 Å². The van der Waals surface area contributed by atoms with Gasteiger partial charge in [0.05, 0.1) is 5.39 Å². The lowest BCUT2D eigenvalue weighted by Gasteiger charge is -2.11. The predicted octanol–water partition coefficient (Wildman–Crippen LogP) is 1.03. The van der Waals surface area contributed by atoms with Gasteiger partial charge in [-0.05, 0) is 31.2 Å². The van der Waals surface area contributed by atoms with Crippen molar-refractivity contribution < 1.29 is 0 Å². The molecule has 0 amide bonds. The number of thiophene rings is 1. The first-order valence-corrected chi connectivity index (χ1v) is 8.19. The topological polar surface area (TPSA) is 74.7 Å². The van der Waals surface area contributed by atoms with E-state index in [1.165, 1.54) is 22.2 Å². The van der Waals surface area contributed by atoms with Crippen LogP contribution >= 0.6 is 11.3 Å². The molecule has 114 valence electrons. The second-order valence-corrected chi connectivity index (χ2v) is 6.51. The van der Waals surface area contributed by atoms with Crippen molar-refractivity contribution in [1.29, 1.82) is 0 Å². The first kappa shape index (κ1) is 13.4. The highest BCUT2D eigenvalue weighted by Gasteiger charge is 2.24. The summed E-state index contributed by atoms with van der Waals surface area (Å²) in [4.78, 5) is 27.7. The van der Waals surface area contributed by atoms with Crippen molar-refractivity contribution in [2.45, 2.75) is 39.2 Å². The van der Waals surface area contributed by atoms with Gasteiger partial charge in [0.1, 0.15) is 17.5 Å². The minimum absolute atomic E-state index is 0.272. The van der Waals surface area contributed by atoms with Crippen molar-refractivity contribution in [3.05, 3.63) is 43.9 Å². The molecule has 0 radical (unpaired) electrons. The molecule has 0 aliphatic heterocycles. The van der Waals surface area contributed by atoms with Crippen molar-refractivity contribution in [2.75, 3.05) is 0 Å². The van der Waals surface area contributed by atoms with E-state index in [-0.39, 0.29) is 11.2 Å². The number of hydrogen-bond donors (Lipinski definition) is 0. The fourth-order valence-corrected chi connectivity index (χ4v) is 4.52. The number of fused-ring (bicyclic) bond motifs is 3. The summed E-state index contributed by atoms with van der Waals surface area (Å²) in [5, 5.41) is 8.10. The van der Waals surface area contributed by atoms with Gasteiger partial charge in [0, 0.05) is 11.4 Å². The SMILES string of the molecule is CCCn1c(=O)n(-n2cnnc2)c(=O)c2c3c(sc21)CCC3. The van der Waals surface area contributed by atoms with Crippen molar-refractivity contribution in [1.82, 2.24) is 24.1 Å². The van der Waals surface area contributed by atoms with Crippen LogP contribution in [-0.4, -0.2) is 24.1 Å². The van der Waals surface area contributed by atoms with Crippen molar-refractivity contribution in [3.8, 4) is 0 Å². The monoisotopic (exact) mass is 317 g/mol. The van der Waals surface area contributed by atoms with Crippen molar-refractivity contribution in [3.63, 3.8) is 0 Å². The Kier molecular flexibility index (Phi) is 3.00. The van der Waals surface area contributed by atoms with Crippen LogP contribution in [0, 0.1) is 0 Å². The first-order valence-electron chi connectivity index (χ1n) is 7.37. The quantitative estimate of drug-likeness (QED) is 0.723.